The van der Waals surface area contributed by atoms with Gasteiger partial charge in [0.2, 0.25) is 11.9 Å². The van der Waals surface area contributed by atoms with Crippen molar-refractivity contribution in [2.24, 2.45) is 11.8 Å². The van der Waals surface area contributed by atoms with E-state index in [1.807, 2.05) is 6.08 Å². The number of aliphatic hydroxyl groups excluding tert-OH is 4. The average molecular weight is 663 g/mol. The highest BCUT2D eigenvalue weighted by atomic mass is 16.7. The van der Waals surface area contributed by atoms with Gasteiger partial charge in [0.15, 0.2) is 18.0 Å². The second-order valence-corrected chi connectivity index (χ2v) is 12.0. The number of phenolic OH excluding ortho intramolecular Hbond substituents is 1. The van der Waals surface area contributed by atoms with Crippen molar-refractivity contribution in [3.8, 4) is 11.5 Å². The van der Waals surface area contributed by atoms with Gasteiger partial charge in [-0.05, 0) is 50.3 Å². The highest BCUT2D eigenvalue weighted by molar-refractivity contribution is 5.94. The van der Waals surface area contributed by atoms with Gasteiger partial charge in [-0.1, -0.05) is 24.3 Å². The monoisotopic (exact) mass is 662 g/mol. The molecule has 10 atom stereocenters. The van der Waals surface area contributed by atoms with Gasteiger partial charge in [-0.2, -0.15) is 0 Å². The molecule has 256 valence electrons. The number of rotatable bonds is 10. The zero-order valence-corrected chi connectivity index (χ0v) is 25.3. The molecule has 1 aromatic carbocycles. The van der Waals surface area contributed by atoms with Crippen LogP contribution in [-0.4, -0.2) is 109 Å². The summed E-state index contributed by atoms with van der Waals surface area (Å²) in [7, 11) is 0. The van der Waals surface area contributed by atoms with Crippen molar-refractivity contribution in [3.05, 3.63) is 48.1 Å². The van der Waals surface area contributed by atoms with Crippen LogP contribution in [0.15, 0.2) is 42.5 Å². The number of allylic oxidation sites excluding steroid dienone is 2. The van der Waals surface area contributed by atoms with Crippen LogP contribution in [0.25, 0.3) is 0 Å². The third-order valence-corrected chi connectivity index (χ3v) is 8.78. The molecule has 1 saturated heterocycles. The van der Waals surface area contributed by atoms with Crippen LogP contribution in [-0.2, 0) is 44.7 Å². The molecular weight excluding hydrogens is 624 g/mol. The van der Waals surface area contributed by atoms with Crippen LogP contribution in [0.2, 0.25) is 0 Å². The number of phenols is 1. The van der Waals surface area contributed by atoms with Gasteiger partial charge >= 0.3 is 17.9 Å². The van der Waals surface area contributed by atoms with E-state index < -0.39 is 97.3 Å². The number of aromatic hydroxyl groups is 1. The highest BCUT2D eigenvalue weighted by Gasteiger charge is 2.56. The first-order valence-corrected chi connectivity index (χ1v) is 15.4. The van der Waals surface area contributed by atoms with Crippen LogP contribution < -0.4 is 4.74 Å². The topological polar surface area (TPSA) is 236 Å². The maximum atomic E-state index is 12.9. The van der Waals surface area contributed by atoms with Crippen molar-refractivity contribution in [1.29, 1.82) is 0 Å². The van der Waals surface area contributed by atoms with E-state index in [1.54, 1.807) is 18.2 Å². The highest BCUT2D eigenvalue weighted by Crippen LogP contribution is 2.34. The van der Waals surface area contributed by atoms with Crippen LogP contribution in [0.4, 0.5) is 0 Å². The molecule has 1 aromatic rings. The smallest absolute Gasteiger partial charge is 0.344 e. The van der Waals surface area contributed by atoms with Gasteiger partial charge < -0.3 is 54.3 Å². The number of carbonyl (C=O) groups is 4. The first-order valence-electron chi connectivity index (χ1n) is 15.4. The lowest BCUT2D eigenvalue weighted by molar-refractivity contribution is -0.284. The molecule has 0 amide bonds. The fraction of sp³-hybridized carbons (Fsp3) is 0.562. The molecule has 15 heteroatoms. The Morgan fingerprint density at radius 3 is 2.26 bits per heavy atom. The first-order chi connectivity index (χ1) is 22.4. The summed E-state index contributed by atoms with van der Waals surface area (Å²) >= 11 is 0. The summed E-state index contributed by atoms with van der Waals surface area (Å²) < 4.78 is 27.9. The van der Waals surface area contributed by atoms with Gasteiger partial charge in [0, 0.05) is 12.0 Å². The molecule has 6 N–H and O–H groups in total. The summed E-state index contributed by atoms with van der Waals surface area (Å²) in [6, 6.07) is 3.56. The lowest BCUT2D eigenvalue weighted by Crippen LogP contribution is -2.64. The third kappa shape index (κ3) is 7.35. The van der Waals surface area contributed by atoms with Crippen molar-refractivity contribution >= 4 is 23.7 Å². The minimum atomic E-state index is -2.94. The van der Waals surface area contributed by atoms with E-state index in [4.69, 9.17) is 23.7 Å². The van der Waals surface area contributed by atoms with Crippen LogP contribution in [0.5, 0.6) is 11.5 Å². The van der Waals surface area contributed by atoms with Crippen LogP contribution in [0.3, 0.4) is 0 Å². The largest absolute Gasteiger partial charge is 0.508 e. The Morgan fingerprint density at radius 1 is 0.915 bits per heavy atom. The van der Waals surface area contributed by atoms with E-state index in [-0.39, 0.29) is 29.9 Å². The van der Waals surface area contributed by atoms with Crippen LogP contribution in [0.1, 0.15) is 44.1 Å². The molecule has 0 aromatic heterocycles. The molecule has 1 heterocycles. The molecule has 1 aliphatic heterocycles. The Kier molecular flexibility index (Phi) is 10.6. The van der Waals surface area contributed by atoms with Gasteiger partial charge in [0.25, 0.3) is 0 Å². The molecule has 4 aliphatic rings. The van der Waals surface area contributed by atoms with Crippen molar-refractivity contribution in [1.82, 2.24) is 0 Å². The molecule has 0 bridgehead atoms. The zero-order valence-electron chi connectivity index (χ0n) is 25.3. The molecule has 2 fully saturated rings. The molecule has 5 rings (SSSR count). The van der Waals surface area contributed by atoms with Crippen LogP contribution in [0, 0.1) is 11.8 Å². The fourth-order valence-electron chi connectivity index (χ4n) is 5.90. The maximum Gasteiger partial charge on any atom is 0.344 e. The minimum Gasteiger partial charge on any atom is -0.508 e. The van der Waals surface area contributed by atoms with Crippen molar-refractivity contribution in [3.63, 3.8) is 0 Å². The number of benzene rings is 1. The van der Waals surface area contributed by atoms with E-state index >= 15 is 0 Å². The molecule has 0 unspecified atom stereocenters. The summed E-state index contributed by atoms with van der Waals surface area (Å²) in [4.78, 5) is 50.2. The van der Waals surface area contributed by atoms with E-state index in [2.05, 4.69) is 0 Å². The molecule has 47 heavy (non-hydrogen) atoms. The normalized spacial score (nSPS) is 35.0. The lowest BCUT2D eigenvalue weighted by atomic mass is 9.79. The predicted octanol–water partition coefficient (Wildman–Crippen LogP) is -0.536. The second kappa shape index (κ2) is 14.5. The Morgan fingerprint density at radius 2 is 1.60 bits per heavy atom. The van der Waals surface area contributed by atoms with E-state index in [0.29, 0.717) is 25.7 Å². The third-order valence-electron chi connectivity index (χ3n) is 8.78. The number of hydrogen-bond donors (Lipinski definition) is 6. The van der Waals surface area contributed by atoms with Crippen molar-refractivity contribution in [2.45, 2.75) is 93.6 Å². The summed E-state index contributed by atoms with van der Waals surface area (Å²) in [6.45, 7) is -1.20. The SMILES string of the molecule is O=C(OC[C@@H]1O[C@@H](Oc2ccc(O)cc2COC(=O)[C@@]2(O)[C@H](O)CCC(=O)[C@@H]2O)[C@H](OC(=O)[C@@H]2C=CCC2)[C@H](O)[C@@H]1O)[C@@H]1C=CCC1. The number of carbonyl (C=O) groups excluding carboxylic acids is 4. The molecule has 0 radical (unpaired) electrons. The molecule has 15 nitrogen and oxygen atoms in total. The first kappa shape index (κ1) is 34.5. The molecule has 3 aliphatic carbocycles. The quantitative estimate of drug-likeness (QED) is 0.105. The minimum absolute atomic E-state index is 0.0444. The van der Waals surface area contributed by atoms with Crippen LogP contribution >= 0.6 is 0 Å². The summed E-state index contributed by atoms with van der Waals surface area (Å²) in [5.41, 5.74) is -2.98. The lowest BCUT2D eigenvalue weighted by Gasteiger charge is -2.42. The molecule has 1 saturated carbocycles. The number of Topliss-reactive ketones (excluding diaryl/α,β-unsaturated/α-hetero) is 1. The fourth-order valence-corrected chi connectivity index (χ4v) is 5.90. The van der Waals surface area contributed by atoms with Crippen molar-refractivity contribution in [2.75, 3.05) is 6.61 Å². The number of hydrogen-bond acceptors (Lipinski definition) is 15. The maximum absolute atomic E-state index is 12.9. The summed E-state index contributed by atoms with van der Waals surface area (Å²) in [5.74, 6) is -5.15. The molecular formula is C32H38O15. The number of ketones is 1. The standard InChI is InChI=1S/C32H38O15/c33-19-9-11-21(18(13-19)14-44-31(41)32(42)23(35)12-10-20(34)27(32)38)45-30-26(47-29(40)17-7-3-4-8-17)25(37)24(36)22(46-30)15-43-28(39)16-5-1-2-6-16/h1,3,5,7,9,11,13,16-17,22-27,30,33,35-38,42H,2,4,6,8,10,12,14-15H2/t16-,17-,22+,23-,24-,25-,26-,27+,30-,32-/m1/s1. The zero-order chi connectivity index (χ0) is 33.9. The van der Waals surface area contributed by atoms with Gasteiger partial charge in [-0.15, -0.1) is 0 Å². The number of aliphatic hydroxyl groups is 5. The predicted molar refractivity (Wildman–Crippen MR) is 155 cm³/mol. The van der Waals surface area contributed by atoms with Gasteiger partial charge in [0.1, 0.15) is 43.0 Å². The Bertz CT molecular complexity index is 1400. The molecule has 0 spiro atoms. The van der Waals surface area contributed by atoms with E-state index in [9.17, 15) is 49.8 Å². The Balaban J connectivity index is 1.35. The van der Waals surface area contributed by atoms with Gasteiger partial charge in [-0.25, -0.2) is 4.79 Å². The Labute approximate surface area is 268 Å². The van der Waals surface area contributed by atoms with E-state index in [0.717, 1.165) is 6.07 Å². The second-order valence-electron chi connectivity index (χ2n) is 12.0. The van der Waals surface area contributed by atoms with Crippen molar-refractivity contribution < 1.29 is 73.5 Å². The van der Waals surface area contributed by atoms with Gasteiger partial charge in [-0.3, -0.25) is 14.4 Å². The van der Waals surface area contributed by atoms with E-state index in [1.165, 1.54) is 12.1 Å². The summed E-state index contributed by atoms with van der Waals surface area (Å²) in [5, 5.41) is 63.2. The average Bonchev–Trinajstić information content (AvgIpc) is 3.80. The number of esters is 3. The Hall–Kier alpha value is -3.86. The van der Waals surface area contributed by atoms with Gasteiger partial charge in [0.05, 0.1) is 17.9 Å². The number of ether oxygens (including phenoxy) is 5. The summed E-state index contributed by atoms with van der Waals surface area (Å²) in [6.07, 6.45) is -3.18.